The van der Waals surface area contributed by atoms with Crippen LogP contribution in [-0.4, -0.2) is 4.92 Å². The zero-order valence-corrected chi connectivity index (χ0v) is 10.2. The Morgan fingerprint density at radius 3 is 1.86 bits per heavy atom. The Hall–Kier alpha value is 0.00948. The largest absolute Gasteiger partial charge is 3.00 e. The summed E-state index contributed by atoms with van der Waals surface area (Å²) < 4.78 is 0. The van der Waals surface area contributed by atoms with Gasteiger partial charge in [0.25, 0.3) is 0 Å². The van der Waals surface area contributed by atoms with Crippen molar-refractivity contribution in [3.8, 4) is 0 Å². The van der Waals surface area contributed by atoms with Crippen molar-refractivity contribution in [2.75, 3.05) is 0 Å². The average Bonchev–Trinajstić information content (AvgIpc) is 1.88. The molecule has 0 amide bonds. The van der Waals surface area contributed by atoms with E-state index in [4.69, 9.17) is 0 Å². The van der Waals surface area contributed by atoms with Gasteiger partial charge < -0.3 is 37.2 Å². The third-order valence-electron chi connectivity index (χ3n) is 1.15. The minimum Gasteiger partial charge on any atom is -1.00 e. The molecule has 0 aliphatic heterocycles. The molecule has 1 rings (SSSR count). The molecule has 0 fully saturated rings. The topological polar surface area (TPSA) is 43.1 Å². The molecule has 0 aliphatic carbocycles. The van der Waals surface area contributed by atoms with Crippen molar-refractivity contribution in [1.29, 1.82) is 0 Å². The van der Waals surface area contributed by atoms with Gasteiger partial charge in [-0.15, -0.1) is 0 Å². The van der Waals surface area contributed by atoms with E-state index in [0.29, 0.717) is 0 Å². The molecule has 14 heavy (non-hydrogen) atoms. The van der Waals surface area contributed by atoms with Crippen molar-refractivity contribution < 1.29 is 59.2 Å². The molecule has 0 bridgehead atoms. The molecule has 0 saturated heterocycles. The number of benzene rings is 1. The van der Waals surface area contributed by atoms with Crippen LogP contribution in [0, 0.1) is 10.1 Å². The minimum atomic E-state index is -0.338. The molecule has 0 N–H and O–H groups in total. The first kappa shape index (κ1) is 23.7. The van der Waals surface area contributed by atoms with Crippen LogP contribution in [0.5, 0.6) is 0 Å². The van der Waals surface area contributed by atoms with Crippen molar-refractivity contribution in [2.24, 2.45) is 0 Å². The van der Waals surface area contributed by atoms with Gasteiger partial charge in [-0.3, -0.25) is 10.1 Å². The van der Waals surface area contributed by atoms with Gasteiger partial charge in [-0.05, 0) is 0 Å². The van der Waals surface area contributed by atoms with Crippen LogP contribution in [0.3, 0.4) is 0 Å². The maximum absolute atomic E-state index is 9.97. The van der Waals surface area contributed by atoms with E-state index in [1.54, 1.807) is 24.3 Å². The predicted molar refractivity (Wildman–Crippen MR) is 37.1 cm³/mol. The van der Waals surface area contributed by atoms with Crippen molar-refractivity contribution >= 4 is 0 Å². The summed E-state index contributed by atoms with van der Waals surface area (Å²) in [7, 11) is 0. The summed E-state index contributed by atoms with van der Waals surface area (Å²) in [4.78, 5) is 9.64. The first-order valence-corrected chi connectivity index (χ1v) is 2.95. The van der Waals surface area contributed by atoms with Crippen LogP contribution < -0.4 is 37.2 Å². The number of hydrogen-bond acceptors (Lipinski definition) is 2. The molecule has 0 unspecified atom stereocenters. The Labute approximate surface area is 112 Å². The van der Waals surface area contributed by atoms with Gasteiger partial charge in [0, 0.05) is 10.5 Å². The molecule has 1 aromatic rings. The standard InChI is InChI=1S/C7H7NO2.3ClH.Fe/c9-8(10)6-7-4-2-1-3-5-7;;;;/h1-5H,6H2;3*1H;/q;;;;+3/p-3. The first-order chi connectivity index (χ1) is 4.79. The molecule has 0 atom stereocenters. The molecular formula is C7H7Cl3FeNO2. The molecule has 0 heterocycles. The Morgan fingerprint density at radius 2 is 1.50 bits per heavy atom. The molecule has 0 spiro atoms. The average molecular weight is 299 g/mol. The first-order valence-electron chi connectivity index (χ1n) is 2.95. The van der Waals surface area contributed by atoms with Crippen LogP contribution in [0.1, 0.15) is 5.56 Å². The van der Waals surface area contributed by atoms with E-state index in [2.05, 4.69) is 0 Å². The van der Waals surface area contributed by atoms with Crippen LogP contribution >= 0.6 is 0 Å². The second-order valence-electron chi connectivity index (χ2n) is 1.98. The van der Waals surface area contributed by atoms with Gasteiger partial charge in [0.15, 0.2) is 0 Å². The number of halogens is 3. The van der Waals surface area contributed by atoms with Gasteiger partial charge in [-0.25, -0.2) is 0 Å². The Balaban J connectivity index is -0.000000125. The van der Waals surface area contributed by atoms with Gasteiger partial charge in [-0.2, -0.15) is 0 Å². The minimum absolute atomic E-state index is 0. The molecule has 1 aromatic carbocycles. The van der Waals surface area contributed by atoms with E-state index in [1.807, 2.05) is 6.07 Å². The fourth-order valence-corrected chi connectivity index (χ4v) is 0.732. The summed E-state index contributed by atoms with van der Waals surface area (Å²) in [5.74, 6) is 0. The summed E-state index contributed by atoms with van der Waals surface area (Å²) in [6.45, 7) is -0.0825. The third kappa shape index (κ3) is 10.1. The number of rotatable bonds is 2. The summed E-state index contributed by atoms with van der Waals surface area (Å²) in [6, 6.07) is 8.90. The number of nitro groups is 1. The number of hydrogen-bond donors (Lipinski definition) is 0. The summed E-state index contributed by atoms with van der Waals surface area (Å²) in [5.41, 5.74) is 0.743. The predicted octanol–water partition coefficient (Wildman–Crippen LogP) is -7.53. The quantitative estimate of drug-likeness (QED) is 0.309. The van der Waals surface area contributed by atoms with Crippen LogP contribution in [0.15, 0.2) is 30.3 Å². The normalized spacial score (nSPS) is 6.57. The summed E-state index contributed by atoms with van der Waals surface area (Å²) >= 11 is 0. The second-order valence-corrected chi connectivity index (χ2v) is 1.98. The van der Waals surface area contributed by atoms with Crippen molar-refractivity contribution in [2.45, 2.75) is 6.54 Å². The zero-order valence-electron chi connectivity index (χ0n) is 6.85. The van der Waals surface area contributed by atoms with Crippen molar-refractivity contribution in [3.63, 3.8) is 0 Å². The molecule has 1 radical (unpaired) electrons. The Morgan fingerprint density at radius 1 is 1.07 bits per heavy atom. The summed E-state index contributed by atoms with van der Waals surface area (Å²) in [6.07, 6.45) is 0. The van der Waals surface area contributed by atoms with Crippen LogP contribution in [-0.2, 0) is 23.6 Å². The smallest absolute Gasteiger partial charge is 1.00 e. The van der Waals surface area contributed by atoms with E-state index in [1.165, 1.54) is 0 Å². The number of nitrogens with zero attached hydrogens (tertiary/aromatic N) is 1. The Bertz CT molecular complexity index is 236. The van der Waals surface area contributed by atoms with E-state index in [0.717, 1.165) is 5.56 Å². The fraction of sp³-hybridized carbons (Fsp3) is 0.143. The third-order valence-corrected chi connectivity index (χ3v) is 1.15. The van der Waals surface area contributed by atoms with Gasteiger partial charge in [0.05, 0.1) is 0 Å². The summed E-state index contributed by atoms with van der Waals surface area (Å²) in [5, 5.41) is 9.97. The molecule has 81 valence electrons. The van der Waals surface area contributed by atoms with Gasteiger partial charge in [0.2, 0.25) is 6.54 Å². The second kappa shape index (κ2) is 13.0. The fourth-order valence-electron chi connectivity index (χ4n) is 0.732. The molecule has 7 heteroatoms. The van der Waals surface area contributed by atoms with Gasteiger partial charge >= 0.3 is 17.1 Å². The Kier molecular flexibility index (Phi) is 22.0. The maximum atomic E-state index is 9.97. The molecule has 0 aliphatic rings. The molecule has 0 saturated carbocycles. The maximum Gasteiger partial charge on any atom is 3.00 e. The van der Waals surface area contributed by atoms with Crippen molar-refractivity contribution in [3.05, 3.63) is 46.0 Å². The molecular weight excluding hydrogens is 292 g/mol. The van der Waals surface area contributed by atoms with Gasteiger partial charge in [-0.1, -0.05) is 30.3 Å². The van der Waals surface area contributed by atoms with Crippen molar-refractivity contribution in [1.82, 2.24) is 0 Å². The van der Waals surface area contributed by atoms with Crippen LogP contribution in [0.25, 0.3) is 0 Å². The zero-order chi connectivity index (χ0) is 7.40. The van der Waals surface area contributed by atoms with E-state index in [-0.39, 0.29) is 65.8 Å². The van der Waals surface area contributed by atoms with E-state index in [9.17, 15) is 10.1 Å². The molecule has 0 aromatic heterocycles. The van der Waals surface area contributed by atoms with Crippen LogP contribution in [0.4, 0.5) is 0 Å². The SMILES string of the molecule is O=[N+]([O-])Cc1ccccc1.[Cl-].[Cl-].[Cl-].[Fe+3]. The van der Waals surface area contributed by atoms with Gasteiger partial charge in [0.1, 0.15) is 0 Å². The van der Waals surface area contributed by atoms with E-state index < -0.39 is 0 Å². The van der Waals surface area contributed by atoms with Crippen LogP contribution in [0.2, 0.25) is 0 Å². The van der Waals surface area contributed by atoms with E-state index >= 15 is 0 Å². The molecule has 3 nitrogen and oxygen atoms in total. The monoisotopic (exact) mass is 298 g/mol.